The van der Waals surface area contributed by atoms with Crippen LogP contribution in [0.4, 0.5) is 14.5 Å². The number of imidazole rings is 1. The van der Waals surface area contributed by atoms with E-state index in [9.17, 15) is 25.6 Å². The Kier molecular flexibility index (Phi) is 7.32. The molecule has 1 aromatic carbocycles. The third kappa shape index (κ3) is 5.50. The van der Waals surface area contributed by atoms with Crippen LogP contribution in [-0.2, 0) is 19.9 Å². The maximum absolute atomic E-state index is 13.2. The van der Waals surface area contributed by atoms with Crippen LogP contribution < -0.4 is 14.2 Å². The number of hydrogen-bond acceptors (Lipinski definition) is 7. The minimum absolute atomic E-state index is 0.0548. The van der Waals surface area contributed by atoms with Crippen molar-refractivity contribution in [2.24, 2.45) is 0 Å². The topological polar surface area (TPSA) is 116 Å². The molecule has 192 valence electrons. The van der Waals surface area contributed by atoms with Gasteiger partial charge in [0.1, 0.15) is 22.0 Å². The number of sulfone groups is 1. The van der Waals surface area contributed by atoms with Crippen LogP contribution in [0.3, 0.4) is 0 Å². The monoisotopic (exact) mass is 531 g/mol. The smallest absolute Gasteiger partial charge is 0.387 e. The van der Waals surface area contributed by atoms with E-state index in [2.05, 4.69) is 14.4 Å². The van der Waals surface area contributed by atoms with Gasteiger partial charge < -0.3 is 9.47 Å². The molecule has 1 N–H and O–H groups in total. The van der Waals surface area contributed by atoms with Crippen molar-refractivity contribution in [2.75, 3.05) is 17.6 Å². The van der Waals surface area contributed by atoms with Crippen molar-refractivity contribution in [3.63, 3.8) is 0 Å². The first-order valence-electron chi connectivity index (χ1n) is 10.6. The Balaban J connectivity index is 2.22. The third-order valence-corrected chi connectivity index (χ3v) is 9.09. The number of hydrogen-bond donors (Lipinski definition) is 1. The van der Waals surface area contributed by atoms with Crippen LogP contribution in [0.1, 0.15) is 34.1 Å². The molecule has 2 heterocycles. The molecule has 0 saturated heterocycles. The summed E-state index contributed by atoms with van der Waals surface area (Å²) in [5, 5.41) is 0. The molecule has 3 aromatic rings. The fourth-order valence-corrected chi connectivity index (χ4v) is 5.79. The van der Waals surface area contributed by atoms with Gasteiger partial charge in [0.05, 0.1) is 35.2 Å². The zero-order valence-corrected chi connectivity index (χ0v) is 21.5. The van der Waals surface area contributed by atoms with E-state index in [1.54, 1.807) is 27.7 Å². The maximum atomic E-state index is 13.2. The second-order valence-corrected chi connectivity index (χ2v) is 13.2. The number of ether oxygens (including phenoxy) is 2. The molecule has 35 heavy (non-hydrogen) atoms. The van der Waals surface area contributed by atoms with E-state index >= 15 is 0 Å². The standard InChI is InChI=1S/C22H27F2N3O6S2/c1-6-9-34(28,29)26-15-10-14(7-8-17(15)33-21(23)24)16-12-25-20-11-18(32-5)19(13-27(16)20)35(30,31)22(2,3)4/h7-8,10-13,21,26H,6,9H2,1-5H3. The molecule has 0 spiro atoms. The maximum Gasteiger partial charge on any atom is 0.387 e. The van der Waals surface area contributed by atoms with Gasteiger partial charge in [-0.25, -0.2) is 21.8 Å². The van der Waals surface area contributed by atoms with Crippen LogP contribution in [0.5, 0.6) is 11.5 Å². The molecule has 0 fully saturated rings. The van der Waals surface area contributed by atoms with Crippen molar-refractivity contribution in [1.82, 2.24) is 9.38 Å². The number of sulfonamides is 1. The molecule has 0 atom stereocenters. The number of methoxy groups -OCH3 is 1. The number of fused-ring (bicyclic) bond motifs is 1. The zero-order valence-electron chi connectivity index (χ0n) is 19.9. The number of alkyl halides is 2. The lowest BCUT2D eigenvalue weighted by atomic mass is 10.1. The van der Waals surface area contributed by atoms with Crippen LogP contribution >= 0.6 is 0 Å². The number of rotatable bonds is 9. The lowest BCUT2D eigenvalue weighted by Crippen LogP contribution is -2.28. The predicted octanol–water partition coefficient (Wildman–Crippen LogP) is 4.34. The van der Waals surface area contributed by atoms with Crippen LogP contribution in [0.25, 0.3) is 16.9 Å². The van der Waals surface area contributed by atoms with Crippen molar-refractivity contribution in [3.05, 3.63) is 36.7 Å². The quantitative estimate of drug-likeness (QED) is 0.437. The van der Waals surface area contributed by atoms with Crippen molar-refractivity contribution >= 4 is 31.2 Å². The summed E-state index contributed by atoms with van der Waals surface area (Å²) >= 11 is 0. The van der Waals surface area contributed by atoms with E-state index in [4.69, 9.17) is 4.74 Å². The first-order valence-corrected chi connectivity index (χ1v) is 13.7. The van der Waals surface area contributed by atoms with Gasteiger partial charge >= 0.3 is 6.61 Å². The summed E-state index contributed by atoms with van der Waals surface area (Å²) in [4.78, 5) is 4.24. The molecule has 9 nitrogen and oxygen atoms in total. The van der Waals surface area contributed by atoms with Crippen LogP contribution in [0, 0.1) is 0 Å². The highest BCUT2D eigenvalue weighted by atomic mass is 32.2. The Bertz CT molecular complexity index is 1450. The average molecular weight is 532 g/mol. The number of halogens is 2. The second-order valence-electron chi connectivity index (χ2n) is 8.70. The second kappa shape index (κ2) is 9.61. The van der Waals surface area contributed by atoms with Gasteiger partial charge in [0.2, 0.25) is 10.0 Å². The summed E-state index contributed by atoms with van der Waals surface area (Å²) in [6.45, 7) is 3.21. The van der Waals surface area contributed by atoms with Gasteiger partial charge in [-0.1, -0.05) is 6.92 Å². The Labute approximate surface area is 203 Å². The molecule has 0 bridgehead atoms. The zero-order chi connectivity index (χ0) is 26.2. The third-order valence-electron chi connectivity index (χ3n) is 5.12. The summed E-state index contributed by atoms with van der Waals surface area (Å²) in [5.41, 5.74) is 0.970. The Hall–Kier alpha value is -2.93. The predicted molar refractivity (Wildman–Crippen MR) is 128 cm³/mol. The number of nitrogens with zero attached hydrogens (tertiary/aromatic N) is 2. The molecule has 0 radical (unpaired) electrons. The van der Waals surface area contributed by atoms with Gasteiger partial charge in [-0.15, -0.1) is 0 Å². The highest BCUT2D eigenvalue weighted by Gasteiger charge is 2.34. The molecule has 0 saturated carbocycles. The number of pyridine rings is 1. The van der Waals surface area contributed by atoms with Crippen molar-refractivity contribution in [3.8, 4) is 22.8 Å². The van der Waals surface area contributed by atoms with Gasteiger partial charge in [0, 0.05) is 17.8 Å². The van der Waals surface area contributed by atoms with Gasteiger partial charge in [-0.05, 0) is 45.4 Å². The summed E-state index contributed by atoms with van der Waals surface area (Å²) in [6, 6.07) is 5.46. The molecule has 0 unspecified atom stereocenters. The lowest BCUT2D eigenvalue weighted by Gasteiger charge is -2.21. The molecule has 0 aliphatic heterocycles. The summed E-state index contributed by atoms with van der Waals surface area (Å²) in [5.74, 6) is -0.442. The van der Waals surface area contributed by atoms with E-state index in [0.29, 0.717) is 23.3 Å². The molecule has 2 aromatic heterocycles. The van der Waals surface area contributed by atoms with Crippen molar-refractivity contribution in [1.29, 1.82) is 0 Å². The van der Waals surface area contributed by atoms with Crippen LogP contribution in [-0.4, -0.2) is 50.4 Å². The van der Waals surface area contributed by atoms with Gasteiger partial charge in [-0.2, -0.15) is 8.78 Å². The Morgan fingerprint density at radius 2 is 1.80 bits per heavy atom. The number of nitrogens with one attached hydrogen (secondary N) is 1. The fourth-order valence-electron chi connectivity index (χ4n) is 3.35. The van der Waals surface area contributed by atoms with E-state index in [0.717, 1.165) is 0 Å². The summed E-state index contributed by atoms with van der Waals surface area (Å²) in [7, 11) is -6.28. The van der Waals surface area contributed by atoms with E-state index < -0.39 is 31.2 Å². The largest absolute Gasteiger partial charge is 0.495 e. The normalized spacial score (nSPS) is 12.8. The van der Waals surface area contributed by atoms with Gasteiger partial charge in [-0.3, -0.25) is 9.12 Å². The number of anilines is 1. The number of benzene rings is 1. The van der Waals surface area contributed by atoms with Crippen molar-refractivity contribution < 1.29 is 35.1 Å². The Morgan fingerprint density at radius 3 is 2.37 bits per heavy atom. The number of aromatic nitrogens is 2. The molecular formula is C22H27F2N3O6S2. The van der Waals surface area contributed by atoms with Gasteiger partial charge in [0.25, 0.3) is 0 Å². The SMILES string of the molecule is CCCS(=O)(=O)Nc1cc(-c2cnc3cc(OC)c(S(=O)(=O)C(C)(C)C)cn23)ccc1OC(F)F. The minimum atomic E-state index is -3.82. The van der Waals surface area contributed by atoms with E-state index in [1.807, 2.05) is 0 Å². The average Bonchev–Trinajstić information content (AvgIpc) is 3.15. The fraction of sp³-hybridized carbons (Fsp3) is 0.409. The highest BCUT2D eigenvalue weighted by molar-refractivity contribution is 7.93. The van der Waals surface area contributed by atoms with Gasteiger partial charge in [0.15, 0.2) is 9.84 Å². The van der Waals surface area contributed by atoms with Crippen LogP contribution in [0.2, 0.25) is 0 Å². The molecule has 0 amide bonds. The molecule has 0 aliphatic rings. The minimum Gasteiger partial charge on any atom is -0.495 e. The van der Waals surface area contributed by atoms with Crippen molar-refractivity contribution in [2.45, 2.75) is 50.4 Å². The molecular weight excluding hydrogens is 504 g/mol. The first-order chi connectivity index (χ1) is 16.2. The lowest BCUT2D eigenvalue weighted by molar-refractivity contribution is -0.0493. The molecule has 0 aliphatic carbocycles. The molecule has 13 heteroatoms. The Morgan fingerprint density at radius 1 is 1.11 bits per heavy atom. The molecule has 3 rings (SSSR count). The first kappa shape index (κ1) is 26.7. The van der Waals surface area contributed by atoms with E-state index in [-0.39, 0.29) is 27.8 Å². The highest BCUT2D eigenvalue weighted by Crippen LogP contribution is 2.36. The summed E-state index contributed by atoms with van der Waals surface area (Å²) in [6.07, 6.45) is 3.15. The van der Waals surface area contributed by atoms with E-state index in [1.165, 1.54) is 48.2 Å². The summed E-state index contributed by atoms with van der Waals surface area (Å²) < 4.78 is 89.3. The van der Waals surface area contributed by atoms with Crippen LogP contribution in [0.15, 0.2) is 41.6 Å².